The van der Waals surface area contributed by atoms with E-state index in [9.17, 15) is 10.5 Å². The van der Waals surface area contributed by atoms with Gasteiger partial charge in [-0.15, -0.1) is 0 Å². The SMILES string of the molecule is CCCCCC1CCC(CCC2(C#N)CCC(C#N)(CCC3CCC(CCCCC)CC3)CC2)CC1. The molecule has 3 aliphatic carbocycles. The van der Waals surface area contributed by atoms with Crippen LogP contribution in [0.15, 0.2) is 0 Å². The Morgan fingerprint density at radius 3 is 1.08 bits per heavy atom. The van der Waals surface area contributed by atoms with Crippen LogP contribution in [0, 0.1) is 57.2 Å². The van der Waals surface area contributed by atoms with Gasteiger partial charge in [0.05, 0.1) is 23.0 Å². The van der Waals surface area contributed by atoms with Crippen molar-refractivity contribution >= 4 is 0 Å². The van der Waals surface area contributed by atoms with Crippen LogP contribution >= 0.6 is 0 Å². The highest BCUT2D eigenvalue weighted by Crippen LogP contribution is 2.51. The minimum Gasteiger partial charge on any atom is -0.198 e. The second-order valence-electron chi connectivity index (χ2n) is 13.6. The molecule has 3 saturated carbocycles. The van der Waals surface area contributed by atoms with Crippen LogP contribution in [0.3, 0.4) is 0 Å². The van der Waals surface area contributed by atoms with Gasteiger partial charge in [-0.25, -0.2) is 0 Å². The third kappa shape index (κ3) is 9.07. The molecule has 0 spiro atoms. The summed E-state index contributed by atoms with van der Waals surface area (Å²) in [5.41, 5.74) is -0.288. The van der Waals surface area contributed by atoms with Crippen LogP contribution in [0.1, 0.15) is 168 Å². The minimum absolute atomic E-state index is 0.144. The maximum absolute atomic E-state index is 10.2. The number of nitriles is 2. The zero-order valence-electron chi connectivity index (χ0n) is 24.2. The van der Waals surface area contributed by atoms with Gasteiger partial charge >= 0.3 is 0 Å². The van der Waals surface area contributed by atoms with Gasteiger partial charge in [-0.05, 0) is 75.0 Å². The number of hydrogen-bond acceptors (Lipinski definition) is 2. The molecule has 0 aliphatic heterocycles. The standard InChI is InChI=1S/C34H58N2/c1-3-5-7-9-29-11-15-31(16-12-29)19-21-33(27-35)23-25-34(28-36,26-24-33)22-20-32-17-13-30(14-18-32)10-8-6-4-2/h29-32H,3-26H2,1-2H3. The van der Waals surface area contributed by atoms with Crippen LogP contribution in [-0.4, -0.2) is 0 Å². The van der Waals surface area contributed by atoms with Gasteiger partial charge in [0, 0.05) is 0 Å². The Balaban J connectivity index is 1.36. The summed E-state index contributed by atoms with van der Waals surface area (Å²) in [7, 11) is 0. The van der Waals surface area contributed by atoms with Crippen LogP contribution < -0.4 is 0 Å². The number of hydrogen-bond donors (Lipinski definition) is 0. The molecule has 0 bridgehead atoms. The summed E-state index contributed by atoms with van der Waals surface area (Å²) in [4.78, 5) is 0. The molecule has 0 saturated heterocycles. The third-order valence-corrected chi connectivity index (χ3v) is 11.1. The van der Waals surface area contributed by atoms with Crippen molar-refractivity contribution in [2.24, 2.45) is 34.5 Å². The van der Waals surface area contributed by atoms with Crippen molar-refractivity contribution in [1.29, 1.82) is 10.5 Å². The molecule has 0 aromatic carbocycles. The Bertz CT molecular complexity index is 613. The van der Waals surface area contributed by atoms with Crippen molar-refractivity contribution in [1.82, 2.24) is 0 Å². The molecule has 0 heterocycles. The zero-order chi connectivity index (χ0) is 25.7. The van der Waals surface area contributed by atoms with Gasteiger partial charge in [0.15, 0.2) is 0 Å². The van der Waals surface area contributed by atoms with Crippen LogP contribution in [0.5, 0.6) is 0 Å². The van der Waals surface area contributed by atoms with E-state index < -0.39 is 0 Å². The van der Waals surface area contributed by atoms with Crippen LogP contribution in [0.25, 0.3) is 0 Å². The number of nitrogens with zero attached hydrogens (tertiary/aromatic N) is 2. The summed E-state index contributed by atoms with van der Waals surface area (Å²) in [6, 6.07) is 5.57. The molecular formula is C34H58N2. The first kappa shape index (κ1) is 29.5. The molecule has 0 aromatic heterocycles. The molecule has 204 valence electrons. The Morgan fingerprint density at radius 2 is 0.806 bits per heavy atom. The lowest BCUT2D eigenvalue weighted by atomic mass is 9.60. The molecule has 0 aromatic rings. The van der Waals surface area contributed by atoms with Gasteiger partial charge in [0.1, 0.15) is 0 Å². The monoisotopic (exact) mass is 494 g/mol. The van der Waals surface area contributed by atoms with E-state index in [2.05, 4.69) is 26.0 Å². The molecule has 2 nitrogen and oxygen atoms in total. The predicted molar refractivity (Wildman–Crippen MR) is 152 cm³/mol. The molecule has 3 aliphatic rings. The van der Waals surface area contributed by atoms with E-state index in [4.69, 9.17) is 0 Å². The summed E-state index contributed by atoms with van der Waals surface area (Å²) in [6.45, 7) is 4.60. The smallest absolute Gasteiger partial charge is 0.0689 e. The highest BCUT2D eigenvalue weighted by Gasteiger charge is 2.43. The molecule has 3 rings (SSSR count). The Morgan fingerprint density at radius 1 is 0.500 bits per heavy atom. The van der Waals surface area contributed by atoms with E-state index in [0.29, 0.717) is 0 Å². The fraction of sp³-hybridized carbons (Fsp3) is 0.941. The zero-order valence-corrected chi connectivity index (χ0v) is 24.2. The Hall–Kier alpha value is -1.02. The maximum atomic E-state index is 10.2. The summed E-state index contributed by atoms with van der Waals surface area (Å²) >= 11 is 0. The van der Waals surface area contributed by atoms with E-state index in [-0.39, 0.29) is 10.8 Å². The Labute approximate surface area is 225 Å². The predicted octanol–water partition coefficient (Wildman–Crippen LogP) is 10.9. The first-order valence-corrected chi connectivity index (χ1v) is 16.4. The molecular weight excluding hydrogens is 436 g/mol. The maximum Gasteiger partial charge on any atom is 0.0689 e. The van der Waals surface area contributed by atoms with Crippen molar-refractivity contribution in [3.8, 4) is 12.1 Å². The van der Waals surface area contributed by atoms with E-state index in [0.717, 1.165) is 62.2 Å². The van der Waals surface area contributed by atoms with Crippen LogP contribution in [-0.2, 0) is 0 Å². The first-order valence-electron chi connectivity index (χ1n) is 16.4. The first-order chi connectivity index (χ1) is 17.6. The lowest BCUT2D eigenvalue weighted by Crippen LogP contribution is -2.34. The third-order valence-electron chi connectivity index (χ3n) is 11.1. The molecule has 0 N–H and O–H groups in total. The molecule has 2 heteroatoms. The summed E-state index contributed by atoms with van der Waals surface area (Å²) < 4.78 is 0. The van der Waals surface area contributed by atoms with Gasteiger partial charge in [0.25, 0.3) is 0 Å². The fourth-order valence-corrected chi connectivity index (χ4v) is 7.99. The summed E-state index contributed by atoms with van der Waals surface area (Å²) in [6.07, 6.45) is 31.0. The second kappa shape index (κ2) is 15.4. The fourth-order valence-electron chi connectivity index (χ4n) is 7.99. The van der Waals surface area contributed by atoms with E-state index in [1.165, 1.54) is 116 Å². The number of rotatable bonds is 14. The lowest BCUT2D eigenvalue weighted by Gasteiger charge is -2.41. The normalized spacial score (nSPS) is 35.1. The number of unbranched alkanes of at least 4 members (excludes halogenated alkanes) is 4. The molecule has 0 amide bonds. The van der Waals surface area contributed by atoms with Gasteiger partial charge in [-0.1, -0.05) is 117 Å². The molecule has 0 radical (unpaired) electrons. The topological polar surface area (TPSA) is 47.6 Å². The summed E-state index contributed by atoms with van der Waals surface area (Å²) in [5.74, 6) is 3.63. The van der Waals surface area contributed by atoms with Crippen molar-refractivity contribution in [2.45, 2.75) is 168 Å². The summed E-state index contributed by atoms with van der Waals surface area (Å²) in [5, 5.41) is 20.4. The molecule has 0 unspecified atom stereocenters. The average molecular weight is 495 g/mol. The van der Waals surface area contributed by atoms with Crippen LogP contribution in [0.2, 0.25) is 0 Å². The van der Waals surface area contributed by atoms with Crippen LogP contribution in [0.4, 0.5) is 0 Å². The van der Waals surface area contributed by atoms with Crippen molar-refractivity contribution in [3.05, 3.63) is 0 Å². The quantitative estimate of drug-likeness (QED) is 0.225. The molecule has 3 fully saturated rings. The lowest BCUT2D eigenvalue weighted by molar-refractivity contribution is 0.119. The largest absolute Gasteiger partial charge is 0.198 e. The van der Waals surface area contributed by atoms with E-state index >= 15 is 0 Å². The van der Waals surface area contributed by atoms with E-state index in [1.807, 2.05) is 0 Å². The highest BCUT2D eigenvalue weighted by atomic mass is 14.5. The van der Waals surface area contributed by atoms with Crippen molar-refractivity contribution < 1.29 is 0 Å². The highest BCUT2D eigenvalue weighted by molar-refractivity contribution is 5.10. The van der Waals surface area contributed by atoms with Crippen molar-refractivity contribution in [2.75, 3.05) is 0 Å². The van der Waals surface area contributed by atoms with Gasteiger partial charge < -0.3 is 0 Å². The van der Waals surface area contributed by atoms with E-state index in [1.54, 1.807) is 0 Å². The molecule has 0 atom stereocenters. The van der Waals surface area contributed by atoms with Gasteiger partial charge in [-0.2, -0.15) is 10.5 Å². The van der Waals surface area contributed by atoms with Crippen molar-refractivity contribution in [3.63, 3.8) is 0 Å². The van der Waals surface area contributed by atoms with Gasteiger partial charge in [-0.3, -0.25) is 0 Å². The molecule has 36 heavy (non-hydrogen) atoms. The Kier molecular flexibility index (Phi) is 12.6. The second-order valence-corrected chi connectivity index (χ2v) is 13.6. The average Bonchev–Trinajstić information content (AvgIpc) is 2.93. The minimum atomic E-state index is -0.144. The van der Waals surface area contributed by atoms with Gasteiger partial charge in [0.2, 0.25) is 0 Å².